The third-order valence-corrected chi connectivity index (χ3v) is 5.09. The molecular weight excluding hydrogens is 262 g/mol. The molecule has 3 nitrogen and oxygen atoms in total. The lowest BCUT2D eigenvalue weighted by Gasteiger charge is -2.35. The van der Waals surface area contributed by atoms with Crippen LogP contribution in [0.4, 0.5) is 0 Å². The van der Waals surface area contributed by atoms with Gasteiger partial charge in [0.1, 0.15) is 0 Å². The van der Waals surface area contributed by atoms with Gasteiger partial charge in [-0.25, -0.2) is 0 Å². The van der Waals surface area contributed by atoms with Crippen molar-refractivity contribution in [1.29, 1.82) is 0 Å². The molecule has 0 atom stereocenters. The summed E-state index contributed by atoms with van der Waals surface area (Å²) in [6.45, 7) is 0. The quantitative estimate of drug-likeness (QED) is 0.852. The lowest BCUT2D eigenvalue weighted by molar-refractivity contribution is -0.138. The zero-order chi connectivity index (χ0) is 13.1. The Hall–Kier alpha value is -0.930. The number of benzene rings is 1. The number of hydrogen-bond donors (Lipinski definition) is 1. The van der Waals surface area contributed by atoms with Gasteiger partial charge in [0.2, 0.25) is 0 Å². The van der Waals surface area contributed by atoms with E-state index in [1.54, 1.807) is 0 Å². The fraction of sp³-hybridized carbons (Fsp3) is 0.600. The largest absolute Gasteiger partial charge is 0.448 e. The maximum absolute atomic E-state index is 6.51. The molecule has 3 aliphatic rings. The fourth-order valence-electron chi connectivity index (χ4n) is 3.44. The van der Waals surface area contributed by atoms with Crippen LogP contribution in [0, 0.1) is 0 Å². The van der Waals surface area contributed by atoms with Crippen molar-refractivity contribution in [3.63, 3.8) is 0 Å². The molecule has 2 N–H and O–H groups in total. The molecule has 1 aromatic rings. The Morgan fingerprint density at radius 3 is 2.16 bits per heavy atom. The summed E-state index contributed by atoms with van der Waals surface area (Å²) in [4.78, 5) is 0. The Kier molecular flexibility index (Phi) is 2.37. The van der Waals surface area contributed by atoms with Crippen molar-refractivity contribution < 1.29 is 9.47 Å². The number of hydrogen-bond acceptors (Lipinski definition) is 3. The molecule has 0 saturated heterocycles. The summed E-state index contributed by atoms with van der Waals surface area (Å²) < 4.78 is 11.9. The lowest BCUT2D eigenvalue weighted by Crippen LogP contribution is -2.45. The molecule has 1 heterocycles. The minimum Gasteiger partial charge on any atom is -0.448 e. The Morgan fingerprint density at radius 1 is 0.947 bits per heavy atom. The van der Waals surface area contributed by atoms with E-state index >= 15 is 0 Å². The summed E-state index contributed by atoms with van der Waals surface area (Å²) >= 11 is 6.42. The van der Waals surface area contributed by atoms with Crippen LogP contribution in [0.5, 0.6) is 11.5 Å². The first-order valence-corrected chi connectivity index (χ1v) is 7.49. The van der Waals surface area contributed by atoms with E-state index in [-0.39, 0.29) is 5.54 Å². The third-order valence-electron chi connectivity index (χ3n) is 4.77. The van der Waals surface area contributed by atoms with E-state index in [0.29, 0.717) is 5.02 Å². The first-order chi connectivity index (χ1) is 9.10. The van der Waals surface area contributed by atoms with Gasteiger partial charge < -0.3 is 15.2 Å². The maximum Gasteiger partial charge on any atom is 0.251 e. The van der Waals surface area contributed by atoms with Crippen LogP contribution >= 0.6 is 11.6 Å². The highest BCUT2D eigenvalue weighted by Gasteiger charge is 2.48. The Labute approximate surface area is 118 Å². The number of nitrogens with two attached hydrogens (primary N) is 1. The SMILES string of the molecule is NC1(c2cc3c(cc2Cl)OC2(CCC2)O3)CCCC1. The van der Waals surface area contributed by atoms with Crippen LogP contribution in [-0.4, -0.2) is 5.79 Å². The summed E-state index contributed by atoms with van der Waals surface area (Å²) in [5.41, 5.74) is 7.24. The van der Waals surface area contributed by atoms with E-state index in [4.69, 9.17) is 26.8 Å². The van der Waals surface area contributed by atoms with Crippen LogP contribution in [0.25, 0.3) is 0 Å². The van der Waals surface area contributed by atoms with Crippen molar-refractivity contribution in [3.05, 3.63) is 22.7 Å². The Bertz CT molecular complexity index is 533. The van der Waals surface area contributed by atoms with Crippen molar-refractivity contribution >= 4 is 11.6 Å². The van der Waals surface area contributed by atoms with E-state index in [0.717, 1.165) is 49.2 Å². The summed E-state index contributed by atoms with van der Waals surface area (Å²) in [6, 6.07) is 3.89. The van der Waals surface area contributed by atoms with Crippen LogP contribution in [0.1, 0.15) is 50.5 Å². The van der Waals surface area contributed by atoms with Crippen molar-refractivity contribution in [2.75, 3.05) is 0 Å². The van der Waals surface area contributed by atoms with Gasteiger partial charge in [-0.2, -0.15) is 0 Å². The molecule has 1 spiro atoms. The predicted octanol–water partition coefficient (Wildman–Crippen LogP) is 3.72. The van der Waals surface area contributed by atoms with Crippen LogP contribution in [0.15, 0.2) is 12.1 Å². The van der Waals surface area contributed by atoms with Crippen LogP contribution in [0.3, 0.4) is 0 Å². The molecule has 4 rings (SSSR count). The number of halogens is 1. The summed E-state index contributed by atoms with van der Waals surface area (Å²) in [5.74, 6) is 1.19. The van der Waals surface area contributed by atoms with E-state index in [1.165, 1.54) is 12.8 Å². The second-order valence-electron chi connectivity index (χ2n) is 6.11. The molecule has 0 aromatic heterocycles. The van der Waals surface area contributed by atoms with Crippen LogP contribution in [-0.2, 0) is 5.54 Å². The standard InChI is InChI=1S/C15H18ClNO2/c16-11-9-13-12(18-15(19-13)6-3-7-15)8-10(11)14(17)4-1-2-5-14/h8-9H,1-7,17H2. The van der Waals surface area contributed by atoms with E-state index in [1.807, 2.05) is 12.1 Å². The van der Waals surface area contributed by atoms with Gasteiger partial charge >= 0.3 is 0 Å². The Morgan fingerprint density at radius 2 is 1.58 bits per heavy atom. The minimum atomic E-state index is -0.401. The first-order valence-electron chi connectivity index (χ1n) is 7.11. The molecule has 4 heteroatoms. The fourth-order valence-corrected chi connectivity index (χ4v) is 3.78. The minimum absolute atomic E-state index is 0.287. The van der Waals surface area contributed by atoms with Gasteiger partial charge in [-0.3, -0.25) is 0 Å². The highest BCUT2D eigenvalue weighted by atomic mass is 35.5. The molecule has 19 heavy (non-hydrogen) atoms. The molecule has 1 aliphatic heterocycles. The van der Waals surface area contributed by atoms with E-state index in [2.05, 4.69) is 0 Å². The average molecular weight is 280 g/mol. The van der Waals surface area contributed by atoms with Gasteiger partial charge in [0.25, 0.3) is 5.79 Å². The second-order valence-corrected chi connectivity index (χ2v) is 6.52. The van der Waals surface area contributed by atoms with E-state index < -0.39 is 5.79 Å². The number of rotatable bonds is 1. The zero-order valence-electron chi connectivity index (χ0n) is 10.9. The van der Waals surface area contributed by atoms with Gasteiger partial charge in [-0.1, -0.05) is 24.4 Å². The average Bonchev–Trinajstić information content (AvgIpc) is 2.91. The topological polar surface area (TPSA) is 44.5 Å². The molecule has 0 unspecified atom stereocenters. The first kappa shape index (κ1) is 11.9. The van der Waals surface area contributed by atoms with Gasteiger partial charge in [0, 0.05) is 29.5 Å². The molecule has 0 bridgehead atoms. The highest BCUT2D eigenvalue weighted by Crippen LogP contribution is 2.51. The number of ether oxygens (including phenoxy) is 2. The normalized spacial score (nSPS) is 25.6. The number of fused-ring (bicyclic) bond motifs is 1. The molecule has 2 aliphatic carbocycles. The second kappa shape index (κ2) is 3.80. The van der Waals surface area contributed by atoms with Crippen LogP contribution in [0.2, 0.25) is 5.02 Å². The zero-order valence-corrected chi connectivity index (χ0v) is 11.6. The van der Waals surface area contributed by atoms with Crippen LogP contribution < -0.4 is 15.2 Å². The van der Waals surface area contributed by atoms with Gasteiger partial charge in [0.15, 0.2) is 11.5 Å². The highest BCUT2D eigenvalue weighted by molar-refractivity contribution is 6.31. The molecule has 1 aromatic carbocycles. The predicted molar refractivity (Wildman–Crippen MR) is 73.6 cm³/mol. The molecular formula is C15H18ClNO2. The molecule has 0 radical (unpaired) electrons. The van der Waals surface area contributed by atoms with E-state index in [9.17, 15) is 0 Å². The summed E-state index contributed by atoms with van der Waals surface area (Å²) in [7, 11) is 0. The molecule has 0 amide bonds. The third kappa shape index (κ3) is 1.68. The summed E-state index contributed by atoms with van der Waals surface area (Å²) in [5, 5.41) is 0.711. The monoisotopic (exact) mass is 279 g/mol. The molecule has 102 valence electrons. The molecule has 2 saturated carbocycles. The van der Waals surface area contributed by atoms with Crippen molar-refractivity contribution in [2.45, 2.75) is 56.3 Å². The van der Waals surface area contributed by atoms with Gasteiger partial charge in [0.05, 0.1) is 0 Å². The lowest BCUT2D eigenvalue weighted by atomic mass is 9.89. The van der Waals surface area contributed by atoms with Gasteiger partial charge in [-0.05, 0) is 30.9 Å². The van der Waals surface area contributed by atoms with Crippen molar-refractivity contribution in [2.24, 2.45) is 5.73 Å². The van der Waals surface area contributed by atoms with Crippen molar-refractivity contribution in [1.82, 2.24) is 0 Å². The molecule has 2 fully saturated rings. The van der Waals surface area contributed by atoms with Crippen molar-refractivity contribution in [3.8, 4) is 11.5 Å². The maximum atomic E-state index is 6.51. The Balaban J connectivity index is 1.73. The van der Waals surface area contributed by atoms with Gasteiger partial charge in [-0.15, -0.1) is 0 Å². The summed E-state index contributed by atoms with van der Waals surface area (Å²) in [6.07, 6.45) is 7.42. The smallest absolute Gasteiger partial charge is 0.251 e.